The van der Waals surface area contributed by atoms with E-state index in [-0.39, 0.29) is 36.9 Å². The summed E-state index contributed by atoms with van der Waals surface area (Å²) >= 11 is 0. The van der Waals surface area contributed by atoms with Crippen LogP contribution in [-0.2, 0) is 19.9 Å². The number of carbonyl (C=O) groups excluding carboxylic acids is 2. The number of hydrogen-bond acceptors (Lipinski definition) is 3. The number of ether oxygens (including phenoxy) is 1. The van der Waals surface area contributed by atoms with Crippen LogP contribution >= 0.6 is 0 Å². The number of likely N-dealkylation sites (tertiary alicyclic amines) is 1. The van der Waals surface area contributed by atoms with Crippen molar-refractivity contribution in [2.24, 2.45) is 5.41 Å². The Morgan fingerprint density at radius 2 is 1.62 bits per heavy atom. The van der Waals surface area contributed by atoms with Crippen LogP contribution in [0.3, 0.4) is 0 Å². The van der Waals surface area contributed by atoms with Gasteiger partial charge in [-0.1, -0.05) is 72.8 Å². The topological polar surface area (TPSA) is 58.6 Å². The molecule has 1 spiro atoms. The van der Waals surface area contributed by atoms with Gasteiger partial charge in [0.1, 0.15) is 0 Å². The van der Waals surface area contributed by atoms with Gasteiger partial charge in [0, 0.05) is 44.6 Å². The van der Waals surface area contributed by atoms with E-state index in [1.54, 1.807) is 6.07 Å². The summed E-state index contributed by atoms with van der Waals surface area (Å²) in [6, 6.07) is 21.2. The van der Waals surface area contributed by atoms with Crippen molar-refractivity contribution in [2.45, 2.75) is 37.0 Å². The van der Waals surface area contributed by atoms with Gasteiger partial charge in [-0.05, 0) is 34.6 Å². The highest BCUT2D eigenvalue weighted by Gasteiger charge is 2.64. The van der Waals surface area contributed by atoms with Crippen molar-refractivity contribution in [2.75, 3.05) is 26.7 Å². The maximum absolute atomic E-state index is 14.5. The Bertz CT molecular complexity index is 1300. The number of nitrogens with zero attached hydrogens (tertiary/aromatic N) is 1. The quantitative estimate of drug-likeness (QED) is 0.528. The predicted molar refractivity (Wildman–Crippen MR) is 134 cm³/mol. The number of piperidine rings is 2. The molecule has 2 fully saturated rings. The van der Waals surface area contributed by atoms with E-state index >= 15 is 0 Å². The van der Waals surface area contributed by atoms with Gasteiger partial charge in [-0.15, -0.1) is 0 Å². The number of fused-ring (bicyclic) bond motifs is 1. The standard InChI is InChI=1S/C29H29F3N2O3/c1-37-28(29(30,31)32,21-10-3-2-4-11-21)26(36)34-16-14-27(15-17-34)18-25(35)33-19-24(27)23-13-7-9-20-8-5-6-12-22(20)23/h2-13,24H,14-19H2,1H3,(H,33,35)/t24?,28-/m1/s1. The molecule has 2 amide bonds. The molecule has 3 aromatic carbocycles. The molecule has 0 saturated carbocycles. The second kappa shape index (κ2) is 9.49. The Morgan fingerprint density at radius 1 is 0.973 bits per heavy atom. The number of alkyl halides is 3. The largest absolute Gasteiger partial charge is 0.430 e. The van der Waals surface area contributed by atoms with Crippen molar-refractivity contribution < 1.29 is 27.5 Å². The van der Waals surface area contributed by atoms with Crippen LogP contribution in [0.5, 0.6) is 0 Å². The van der Waals surface area contributed by atoms with Crippen LogP contribution in [0.2, 0.25) is 0 Å². The fourth-order valence-electron chi connectivity index (χ4n) is 6.24. The van der Waals surface area contributed by atoms with Crippen LogP contribution in [0.1, 0.15) is 36.3 Å². The molecular weight excluding hydrogens is 481 g/mol. The number of amides is 2. The number of carbonyl (C=O) groups is 2. The summed E-state index contributed by atoms with van der Waals surface area (Å²) in [6.45, 7) is 0.679. The van der Waals surface area contributed by atoms with Crippen molar-refractivity contribution in [1.29, 1.82) is 0 Å². The number of methoxy groups -OCH3 is 1. The van der Waals surface area contributed by atoms with Gasteiger partial charge in [0.05, 0.1) is 0 Å². The van der Waals surface area contributed by atoms with E-state index in [1.807, 2.05) is 30.3 Å². The highest BCUT2D eigenvalue weighted by atomic mass is 19.4. The SMILES string of the molecule is CO[C@@](C(=O)N1CCC2(CC1)CC(=O)NCC2c1cccc2ccccc12)(c1ccccc1)C(F)(F)F. The molecule has 0 bridgehead atoms. The van der Waals surface area contributed by atoms with Crippen LogP contribution in [0.15, 0.2) is 72.8 Å². The lowest BCUT2D eigenvalue weighted by Crippen LogP contribution is -2.60. The summed E-state index contributed by atoms with van der Waals surface area (Å²) in [6.07, 6.45) is -3.83. The molecule has 2 saturated heterocycles. The van der Waals surface area contributed by atoms with Crippen molar-refractivity contribution in [3.8, 4) is 0 Å². The summed E-state index contributed by atoms with van der Waals surface area (Å²) in [5, 5.41) is 5.18. The third-order valence-electron chi connectivity index (χ3n) is 8.19. The van der Waals surface area contributed by atoms with Gasteiger partial charge in [0.15, 0.2) is 0 Å². The second-order valence-electron chi connectivity index (χ2n) is 10.0. The van der Waals surface area contributed by atoms with Crippen LogP contribution in [0, 0.1) is 5.41 Å². The first-order valence-corrected chi connectivity index (χ1v) is 12.4. The van der Waals surface area contributed by atoms with E-state index in [1.165, 1.54) is 29.2 Å². The predicted octanol–water partition coefficient (Wildman–Crippen LogP) is 5.16. The molecule has 5 rings (SSSR count). The zero-order valence-corrected chi connectivity index (χ0v) is 20.6. The van der Waals surface area contributed by atoms with Crippen molar-refractivity contribution in [3.63, 3.8) is 0 Å². The Kier molecular flexibility index (Phi) is 6.48. The van der Waals surface area contributed by atoms with E-state index in [0.29, 0.717) is 19.4 Å². The molecule has 1 unspecified atom stereocenters. The van der Waals surface area contributed by atoms with Crippen LogP contribution in [0.4, 0.5) is 13.2 Å². The molecule has 2 heterocycles. The number of nitrogens with one attached hydrogen (secondary N) is 1. The maximum atomic E-state index is 14.5. The minimum absolute atomic E-state index is 0.0162. The molecule has 2 atom stereocenters. The molecule has 8 heteroatoms. The minimum Gasteiger partial charge on any atom is -0.356 e. The van der Waals surface area contributed by atoms with E-state index in [0.717, 1.165) is 23.4 Å². The van der Waals surface area contributed by atoms with E-state index in [9.17, 15) is 22.8 Å². The lowest BCUT2D eigenvalue weighted by atomic mass is 9.62. The zero-order valence-electron chi connectivity index (χ0n) is 20.6. The molecule has 0 aromatic heterocycles. The Morgan fingerprint density at radius 3 is 2.30 bits per heavy atom. The lowest BCUT2D eigenvalue weighted by Gasteiger charge is -2.50. The van der Waals surface area contributed by atoms with Crippen LogP contribution in [-0.4, -0.2) is 49.6 Å². The number of hydrogen-bond donors (Lipinski definition) is 1. The summed E-state index contributed by atoms with van der Waals surface area (Å²) in [7, 11) is 0.922. The molecule has 5 nitrogen and oxygen atoms in total. The first-order valence-electron chi connectivity index (χ1n) is 12.4. The first kappa shape index (κ1) is 25.3. The molecule has 2 aliphatic rings. The molecule has 194 valence electrons. The van der Waals surface area contributed by atoms with Gasteiger partial charge < -0.3 is 15.0 Å². The Hall–Kier alpha value is -3.39. The fourth-order valence-corrected chi connectivity index (χ4v) is 6.24. The summed E-state index contributed by atoms with van der Waals surface area (Å²) in [5.74, 6) is -1.20. The number of halogens is 3. The third-order valence-corrected chi connectivity index (χ3v) is 8.19. The normalized spacial score (nSPS) is 21.5. The van der Waals surface area contributed by atoms with Gasteiger partial charge in [0.25, 0.3) is 11.5 Å². The summed E-state index contributed by atoms with van der Waals surface area (Å²) in [4.78, 5) is 27.4. The minimum atomic E-state index is -4.95. The van der Waals surface area contributed by atoms with Crippen molar-refractivity contribution >= 4 is 22.6 Å². The highest BCUT2D eigenvalue weighted by molar-refractivity contribution is 5.89. The van der Waals surface area contributed by atoms with Gasteiger partial charge in [-0.3, -0.25) is 9.59 Å². The van der Waals surface area contributed by atoms with E-state index in [2.05, 4.69) is 17.4 Å². The first-order chi connectivity index (χ1) is 17.7. The molecule has 0 radical (unpaired) electrons. The average molecular weight is 511 g/mol. The summed E-state index contributed by atoms with van der Waals surface area (Å²) in [5.41, 5.74) is -2.67. The number of rotatable bonds is 4. The molecule has 2 aliphatic heterocycles. The van der Waals surface area contributed by atoms with Gasteiger partial charge in [-0.2, -0.15) is 13.2 Å². The van der Waals surface area contributed by atoms with Crippen LogP contribution < -0.4 is 5.32 Å². The molecule has 1 N–H and O–H groups in total. The molecule has 0 aliphatic carbocycles. The van der Waals surface area contributed by atoms with Gasteiger partial charge in [0.2, 0.25) is 5.91 Å². The van der Waals surface area contributed by atoms with Gasteiger partial charge in [-0.25, -0.2) is 0 Å². The Balaban J connectivity index is 1.46. The van der Waals surface area contributed by atoms with Crippen molar-refractivity contribution in [3.05, 3.63) is 83.9 Å². The lowest BCUT2D eigenvalue weighted by molar-refractivity contribution is -0.271. The van der Waals surface area contributed by atoms with E-state index in [4.69, 9.17) is 4.74 Å². The molecule has 3 aromatic rings. The maximum Gasteiger partial charge on any atom is 0.430 e. The number of benzene rings is 3. The Labute approximate surface area is 213 Å². The zero-order chi connectivity index (χ0) is 26.3. The highest BCUT2D eigenvalue weighted by Crippen LogP contribution is 2.51. The smallest absolute Gasteiger partial charge is 0.356 e. The van der Waals surface area contributed by atoms with Crippen molar-refractivity contribution in [1.82, 2.24) is 10.2 Å². The molecule has 37 heavy (non-hydrogen) atoms. The fraction of sp³-hybridized carbons (Fsp3) is 0.379. The third kappa shape index (κ3) is 4.17. The summed E-state index contributed by atoms with van der Waals surface area (Å²) < 4.78 is 48.4. The van der Waals surface area contributed by atoms with Gasteiger partial charge >= 0.3 is 6.18 Å². The average Bonchev–Trinajstić information content (AvgIpc) is 2.89. The van der Waals surface area contributed by atoms with Crippen LogP contribution in [0.25, 0.3) is 10.8 Å². The van der Waals surface area contributed by atoms with E-state index < -0.39 is 23.1 Å². The second-order valence-corrected chi connectivity index (χ2v) is 10.0. The monoisotopic (exact) mass is 510 g/mol. The molecular formula is C29H29F3N2O3.